The Morgan fingerprint density at radius 1 is 0.969 bits per heavy atom. The van der Waals surface area contributed by atoms with Gasteiger partial charge in [-0.2, -0.15) is 5.10 Å². The van der Waals surface area contributed by atoms with Crippen LogP contribution in [0.1, 0.15) is 32.7 Å². The number of hydrogen-bond donors (Lipinski definition) is 1. The van der Waals surface area contributed by atoms with Gasteiger partial charge in [-0.05, 0) is 68.1 Å². The molecule has 32 heavy (non-hydrogen) atoms. The number of carbonyl (C=O) groups is 1. The molecule has 0 saturated carbocycles. The maximum Gasteiger partial charge on any atom is 0.270 e. The number of morpholine rings is 1. The molecule has 0 radical (unpaired) electrons. The summed E-state index contributed by atoms with van der Waals surface area (Å²) in [4.78, 5) is 15.5. The van der Waals surface area contributed by atoms with Gasteiger partial charge in [-0.1, -0.05) is 24.3 Å². The van der Waals surface area contributed by atoms with Gasteiger partial charge in [-0.15, -0.1) is 0 Å². The quantitative estimate of drug-likeness (QED) is 0.643. The summed E-state index contributed by atoms with van der Waals surface area (Å²) in [5, 5.41) is 7.96. The summed E-state index contributed by atoms with van der Waals surface area (Å²) in [6.45, 7) is 13.0. The molecule has 1 saturated heterocycles. The summed E-state index contributed by atoms with van der Waals surface area (Å²) in [6.07, 6.45) is 0. The molecule has 0 spiro atoms. The van der Waals surface area contributed by atoms with Crippen molar-refractivity contribution in [2.24, 2.45) is 0 Å². The summed E-state index contributed by atoms with van der Waals surface area (Å²) < 4.78 is 7.19. The highest BCUT2D eigenvalue weighted by atomic mass is 16.5. The fourth-order valence-corrected chi connectivity index (χ4v) is 3.96. The monoisotopic (exact) mass is 432 g/mol. The van der Waals surface area contributed by atoms with Crippen LogP contribution in [0.2, 0.25) is 0 Å². The Labute approximate surface area is 190 Å². The van der Waals surface area contributed by atoms with E-state index >= 15 is 0 Å². The number of amides is 1. The van der Waals surface area contributed by atoms with Crippen molar-refractivity contribution in [3.05, 3.63) is 70.4 Å². The smallest absolute Gasteiger partial charge is 0.270 e. The van der Waals surface area contributed by atoms with E-state index in [2.05, 4.69) is 67.4 Å². The highest BCUT2D eigenvalue weighted by Crippen LogP contribution is 2.25. The Kier molecular flexibility index (Phi) is 6.72. The summed E-state index contributed by atoms with van der Waals surface area (Å²) in [7, 11) is 0. The fourth-order valence-electron chi connectivity index (χ4n) is 3.96. The molecule has 1 amide bonds. The normalized spacial score (nSPS) is 14.5. The Hall–Kier alpha value is -2.96. The molecular formula is C26H32N4O2. The second-order valence-corrected chi connectivity index (χ2v) is 8.63. The molecule has 0 atom stereocenters. The van der Waals surface area contributed by atoms with Crippen LogP contribution < -0.4 is 5.32 Å². The fraction of sp³-hybridized carbons (Fsp3) is 0.385. The molecule has 6 heteroatoms. The third kappa shape index (κ3) is 4.92. The number of carbonyl (C=O) groups excluding carboxylic acids is 1. The van der Waals surface area contributed by atoms with Crippen molar-refractivity contribution in [1.82, 2.24) is 20.0 Å². The first-order valence-corrected chi connectivity index (χ1v) is 11.3. The number of nitrogens with one attached hydrogen (secondary N) is 1. The van der Waals surface area contributed by atoms with Crippen molar-refractivity contribution in [3.8, 4) is 16.9 Å². The van der Waals surface area contributed by atoms with Gasteiger partial charge in [0.2, 0.25) is 0 Å². The Morgan fingerprint density at radius 2 is 1.72 bits per heavy atom. The third-order valence-electron chi connectivity index (χ3n) is 6.15. The number of aromatic nitrogens is 2. The molecule has 1 aliphatic rings. The van der Waals surface area contributed by atoms with Crippen molar-refractivity contribution >= 4 is 5.91 Å². The second-order valence-electron chi connectivity index (χ2n) is 8.63. The van der Waals surface area contributed by atoms with Crippen molar-refractivity contribution < 1.29 is 9.53 Å². The van der Waals surface area contributed by atoms with Crippen LogP contribution in [0.5, 0.6) is 0 Å². The zero-order valence-electron chi connectivity index (χ0n) is 19.4. The largest absolute Gasteiger partial charge is 0.379 e. The van der Waals surface area contributed by atoms with E-state index in [0.29, 0.717) is 12.2 Å². The molecule has 0 unspecified atom stereocenters. The molecular weight excluding hydrogens is 400 g/mol. The Bertz CT molecular complexity index is 1110. The van der Waals surface area contributed by atoms with Crippen LogP contribution in [0.4, 0.5) is 0 Å². The van der Waals surface area contributed by atoms with Gasteiger partial charge in [-0.25, -0.2) is 4.68 Å². The second kappa shape index (κ2) is 9.67. The number of rotatable bonds is 6. The predicted molar refractivity (Wildman–Crippen MR) is 128 cm³/mol. The van der Waals surface area contributed by atoms with E-state index in [-0.39, 0.29) is 5.91 Å². The number of hydrogen-bond acceptors (Lipinski definition) is 4. The standard InChI is InChI=1S/C26H32N4O2/c1-18-5-6-20(3)24(15-18)30-25(26(31)27-9-10-29-11-13-32-14-12-29)17-23(28-30)22-8-7-19(2)21(4)16-22/h5-8,15-17H,9-14H2,1-4H3,(H,27,31). The summed E-state index contributed by atoms with van der Waals surface area (Å²) >= 11 is 0. The van der Waals surface area contributed by atoms with Gasteiger partial charge >= 0.3 is 0 Å². The molecule has 1 fully saturated rings. The van der Waals surface area contributed by atoms with E-state index in [4.69, 9.17) is 9.84 Å². The minimum Gasteiger partial charge on any atom is -0.379 e. The molecule has 1 aromatic heterocycles. The van der Waals surface area contributed by atoms with Gasteiger partial charge in [0.05, 0.1) is 24.6 Å². The van der Waals surface area contributed by atoms with Crippen LogP contribution in [0.15, 0.2) is 42.5 Å². The van der Waals surface area contributed by atoms with E-state index < -0.39 is 0 Å². The molecule has 6 nitrogen and oxygen atoms in total. The maximum atomic E-state index is 13.2. The average molecular weight is 433 g/mol. The SMILES string of the molecule is Cc1ccc(C)c(-n2nc(-c3ccc(C)c(C)c3)cc2C(=O)NCCN2CCOCC2)c1. The minimum atomic E-state index is -0.109. The Morgan fingerprint density at radius 3 is 2.47 bits per heavy atom. The zero-order chi connectivity index (χ0) is 22.7. The van der Waals surface area contributed by atoms with Crippen LogP contribution >= 0.6 is 0 Å². The number of ether oxygens (including phenoxy) is 1. The number of benzene rings is 2. The first-order valence-electron chi connectivity index (χ1n) is 11.3. The van der Waals surface area contributed by atoms with Gasteiger partial charge < -0.3 is 10.1 Å². The third-order valence-corrected chi connectivity index (χ3v) is 6.15. The van der Waals surface area contributed by atoms with Gasteiger partial charge in [0.25, 0.3) is 5.91 Å². The first-order chi connectivity index (χ1) is 15.4. The van der Waals surface area contributed by atoms with Crippen LogP contribution in [0.25, 0.3) is 16.9 Å². The molecule has 4 rings (SSSR count). The first kappa shape index (κ1) is 22.2. The van der Waals surface area contributed by atoms with Crippen molar-refractivity contribution in [2.75, 3.05) is 39.4 Å². The van der Waals surface area contributed by atoms with Crippen LogP contribution in [-0.2, 0) is 4.74 Å². The van der Waals surface area contributed by atoms with Crippen molar-refractivity contribution in [2.45, 2.75) is 27.7 Å². The number of nitrogens with zero attached hydrogens (tertiary/aromatic N) is 3. The molecule has 1 aliphatic heterocycles. The lowest BCUT2D eigenvalue weighted by Gasteiger charge is -2.26. The lowest BCUT2D eigenvalue weighted by molar-refractivity contribution is 0.0383. The van der Waals surface area contributed by atoms with Gasteiger partial charge in [0, 0.05) is 31.7 Å². The molecule has 168 valence electrons. The summed E-state index contributed by atoms with van der Waals surface area (Å²) in [5.41, 5.74) is 7.95. The van der Waals surface area contributed by atoms with Crippen LogP contribution in [0, 0.1) is 27.7 Å². The highest BCUT2D eigenvalue weighted by molar-refractivity contribution is 5.94. The van der Waals surface area contributed by atoms with Gasteiger partial charge in [0.15, 0.2) is 0 Å². The van der Waals surface area contributed by atoms with Crippen LogP contribution in [-0.4, -0.2) is 60.0 Å². The Balaban J connectivity index is 1.64. The lowest BCUT2D eigenvalue weighted by Crippen LogP contribution is -2.41. The van der Waals surface area contributed by atoms with Gasteiger partial charge in [0.1, 0.15) is 5.69 Å². The van der Waals surface area contributed by atoms with Gasteiger partial charge in [-0.3, -0.25) is 9.69 Å². The molecule has 2 aromatic carbocycles. The zero-order valence-corrected chi connectivity index (χ0v) is 19.4. The molecule has 1 N–H and O–H groups in total. The van der Waals surface area contributed by atoms with E-state index in [1.807, 2.05) is 13.0 Å². The van der Waals surface area contributed by atoms with E-state index in [0.717, 1.165) is 60.9 Å². The minimum absolute atomic E-state index is 0.109. The number of aryl methyl sites for hydroxylation is 4. The van der Waals surface area contributed by atoms with Crippen molar-refractivity contribution in [1.29, 1.82) is 0 Å². The maximum absolute atomic E-state index is 13.2. The predicted octanol–water partition coefficient (Wildman–Crippen LogP) is 3.83. The lowest BCUT2D eigenvalue weighted by atomic mass is 10.0. The topological polar surface area (TPSA) is 59.4 Å². The highest BCUT2D eigenvalue weighted by Gasteiger charge is 2.19. The van der Waals surface area contributed by atoms with Crippen LogP contribution in [0.3, 0.4) is 0 Å². The van der Waals surface area contributed by atoms with E-state index in [9.17, 15) is 4.79 Å². The summed E-state index contributed by atoms with van der Waals surface area (Å²) in [5.74, 6) is -0.109. The molecule has 0 bridgehead atoms. The summed E-state index contributed by atoms with van der Waals surface area (Å²) in [6, 6.07) is 14.4. The van der Waals surface area contributed by atoms with E-state index in [1.165, 1.54) is 11.1 Å². The molecule has 0 aliphatic carbocycles. The van der Waals surface area contributed by atoms with E-state index in [1.54, 1.807) is 4.68 Å². The average Bonchev–Trinajstić information content (AvgIpc) is 3.23. The van der Waals surface area contributed by atoms with Crippen molar-refractivity contribution in [3.63, 3.8) is 0 Å². The molecule has 2 heterocycles. The molecule has 3 aromatic rings.